The second-order valence-corrected chi connectivity index (χ2v) is 4.77. The lowest BCUT2D eigenvalue weighted by molar-refractivity contribution is 0.262. The van der Waals surface area contributed by atoms with Gasteiger partial charge in [-0.25, -0.2) is 4.79 Å². The summed E-state index contributed by atoms with van der Waals surface area (Å²) in [6, 6.07) is 9.22. The third-order valence-electron chi connectivity index (χ3n) is 3.02. The minimum Gasteiger partial charge on any atom is -0.363 e. The molecular weight excluding hydrogens is 268 g/mol. The van der Waals surface area contributed by atoms with Gasteiger partial charge in [-0.3, -0.25) is 5.32 Å². The molecule has 2 amide bonds. The predicted molar refractivity (Wildman–Crippen MR) is 82.3 cm³/mol. The molecule has 0 saturated heterocycles. The van der Waals surface area contributed by atoms with Gasteiger partial charge in [0.25, 0.3) is 0 Å². The van der Waals surface area contributed by atoms with E-state index in [2.05, 4.69) is 39.5 Å². The van der Waals surface area contributed by atoms with Crippen LogP contribution in [0.5, 0.6) is 0 Å². The van der Waals surface area contributed by atoms with E-state index in [9.17, 15) is 4.79 Å². The molecule has 1 unspecified atom stereocenters. The fraction of sp³-hybridized carbons (Fsp3) is 0.333. The average Bonchev–Trinajstić information content (AvgIpc) is 2.97. The van der Waals surface area contributed by atoms with Gasteiger partial charge in [0, 0.05) is 17.8 Å². The van der Waals surface area contributed by atoms with Crippen LogP contribution in [-0.4, -0.2) is 17.7 Å². The molecule has 3 N–H and O–H groups in total. The summed E-state index contributed by atoms with van der Waals surface area (Å²) in [7, 11) is 0. The number of nitrogens with zero attached hydrogens (tertiary/aromatic N) is 1. The smallest absolute Gasteiger partial charge is 0.324 e. The zero-order valence-electron chi connectivity index (χ0n) is 12.2. The van der Waals surface area contributed by atoms with Crippen LogP contribution in [0.3, 0.4) is 0 Å². The second-order valence-electron chi connectivity index (χ2n) is 4.77. The Bertz CT molecular complexity index is 569. The molecule has 0 spiro atoms. The zero-order valence-corrected chi connectivity index (χ0v) is 12.2. The monoisotopic (exact) mass is 288 g/mol. The first-order valence-corrected chi connectivity index (χ1v) is 7.00. The van der Waals surface area contributed by atoms with E-state index in [4.69, 9.17) is 0 Å². The quantitative estimate of drug-likeness (QED) is 0.761. The molecule has 1 aromatic carbocycles. The van der Waals surface area contributed by atoms with E-state index in [-0.39, 0.29) is 12.1 Å². The van der Waals surface area contributed by atoms with Gasteiger partial charge < -0.3 is 15.2 Å². The van der Waals surface area contributed by atoms with Gasteiger partial charge in [-0.15, -0.1) is 0 Å². The molecule has 0 bridgehead atoms. The first kappa shape index (κ1) is 15.1. The number of anilines is 2. The first-order valence-electron chi connectivity index (χ1n) is 7.00. The Labute approximate surface area is 123 Å². The van der Waals surface area contributed by atoms with Crippen molar-refractivity contribution in [1.82, 2.24) is 10.5 Å². The molecule has 6 heteroatoms. The van der Waals surface area contributed by atoms with Crippen LogP contribution in [0.25, 0.3) is 0 Å². The highest BCUT2D eigenvalue weighted by molar-refractivity contribution is 5.99. The topological polar surface area (TPSA) is 79.2 Å². The summed E-state index contributed by atoms with van der Waals surface area (Å²) < 4.78 is 4.65. The van der Waals surface area contributed by atoms with E-state index in [1.165, 1.54) is 6.26 Å². The molecule has 0 saturated carbocycles. The summed E-state index contributed by atoms with van der Waals surface area (Å²) in [5, 5.41) is 12.4. The zero-order chi connectivity index (χ0) is 15.1. The third kappa shape index (κ3) is 4.61. The Morgan fingerprint density at radius 2 is 2.19 bits per heavy atom. The molecule has 112 valence electrons. The van der Waals surface area contributed by atoms with Crippen LogP contribution in [-0.2, 0) is 0 Å². The van der Waals surface area contributed by atoms with Crippen LogP contribution in [0.4, 0.5) is 16.3 Å². The maximum absolute atomic E-state index is 11.8. The van der Waals surface area contributed by atoms with Gasteiger partial charge in [0.15, 0.2) is 5.82 Å². The van der Waals surface area contributed by atoms with Crippen LogP contribution < -0.4 is 16.0 Å². The van der Waals surface area contributed by atoms with E-state index in [0.717, 1.165) is 24.2 Å². The predicted octanol–water partition coefficient (Wildman–Crippen LogP) is 3.38. The van der Waals surface area contributed by atoms with Gasteiger partial charge in [0.1, 0.15) is 6.26 Å². The molecular formula is C15H20N4O2. The lowest BCUT2D eigenvalue weighted by Crippen LogP contribution is -2.21. The molecule has 2 aromatic rings. The number of carbonyl (C=O) groups is 1. The molecule has 21 heavy (non-hydrogen) atoms. The minimum absolute atomic E-state index is 0.241. The number of aromatic nitrogens is 1. The molecule has 0 aliphatic carbocycles. The molecule has 0 aliphatic heterocycles. The van der Waals surface area contributed by atoms with Crippen LogP contribution in [0, 0.1) is 0 Å². The highest BCUT2D eigenvalue weighted by Crippen LogP contribution is 2.17. The molecule has 1 atom stereocenters. The Morgan fingerprint density at radius 3 is 2.90 bits per heavy atom. The fourth-order valence-corrected chi connectivity index (χ4v) is 1.92. The summed E-state index contributed by atoms with van der Waals surface area (Å²) in [4.78, 5) is 11.8. The van der Waals surface area contributed by atoms with Crippen LogP contribution >= 0.6 is 0 Å². The SMILES string of the molecule is CCCNC(C)c1cccc(NC(=O)Nc2ccon2)c1. The van der Waals surface area contributed by atoms with Gasteiger partial charge in [-0.05, 0) is 37.6 Å². The summed E-state index contributed by atoms with van der Waals surface area (Å²) >= 11 is 0. The summed E-state index contributed by atoms with van der Waals surface area (Å²) in [5.74, 6) is 0.377. The van der Waals surface area contributed by atoms with Gasteiger partial charge >= 0.3 is 6.03 Å². The Balaban J connectivity index is 1.95. The number of hydrogen-bond acceptors (Lipinski definition) is 4. The molecule has 0 radical (unpaired) electrons. The number of nitrogens with one attached hydrogen (secondary N) is 3. The second kappa shape index (κ2) is 7.44. The third-order valence-corrected chi connectivity index (χ3v) is 3.02. The number of hydrogen-bond donors (Lipinski definition) is 3. The van der Waals surface area contributed by atoms with Gasteiger partial charge in [-0.1, -0.05) is 24.2 Å². The average molecular weight is 288 g/mol. The lowest BCUT2D eigenvalue weighted by atomic mass is 10.1. The van der Waals surface area contributed by atoms with Gasteiger partial charge in [0.2, 0.25) is 0 Å². The molecule has 0 aliphatic rings. The number of amides is 2. The summed E-state index contributed by atoms with van der Waals surface area (Å²) in [6.07, 6.45) is 2.49. The van der Waals surface area contributed by atoms with Crippen molar-refractivity contribution in [2.24, 2.45) is 0 Å². The molecule has 1 aromatic heterocycles. The van der Waals surface area contributed by atoms with Crippen LogP contribution in [0.15, 0.2) is 41.1 Å². The molecule has 0 fully saturated rings. The maximum atomic E-state index is 11.8. The number of benzene rings is 1. The maximum Gasteiger partial charge on any atom is 0.324 e. The van der Waals surface area contributed by atoms with E-state index >= 15 is 0 Å². The standard InChI is InChI=1S/C15H20N4O2/c1-3-8-16-11(2)12-5-4-6-13(10-12)17-15(20)18-14-7-9-21-19-14/h4-7,9-11,16H,3,8H2,1-2H3,(H2,17,18,19,20). The number of carbonyl (C=O) groups excluding carboxylic acids is 1. The summed E-state index contributed by atoms with van der Waals surface area (Å²) in [6.45, 7) is 5.20. The van der Waals surface area contributed by atoms with Crippen molar-refractivity contribution in [2.45, 2.75) is 26.3 Å². The van der Waals surface area contributed by atoms with Crippen molar-refractivity contribution in [1.29, 1.82) is 0 Å². The molecule has 2 rings (SSSR count). The van der Waals surface area contributed by atoms with E-state index in [1.54, 1.807) is 6.07 Å². The lowest BCUT2D eigenvalue weighted by Gasteiger charge is -2.15. The van der Waals surface area contributed by atoms with Crippen molar-refractivity contribution in [3.8, 4) is 0 Å². The largest absolute Gasteiger partial charge is 0.363 e. The highest BCUT2D eigenvalue weighted by atomic mass is 16.5. The van der Waals surface area contributed by atoms with E-state index in [1.807, 2.05) is 24.3 Å². The van der Waals surface area contributed by atoms with Crippen molar-refractivity contribution < 1.29 is 9.32 Å². The van der Waals surface area contributed by atoms with Crippen LogP contribution in [0.2, 0.25) is 0 Å². The van der Waals surface area contributed by atoms with Gasteiger partial charge in [-0.2, -0.15) is 0 Å². The van der Waals surface area contributed by atoms with E-state index < -0.39 is 0 Å². The Hall–Kier alpha value is -2.34. The van der Waals surface area contributed by atoms with Gasteiger partial charge in [0.05, 0.1) is 0 Å². The summed E-state index contributed by atoms with van der Waals surface area (Å²) in [5.41, 5.74) is 1.86. The Kier molecular flexibility index (Phi) is 5.34. The number of urea groups is 1. The minimum atomic E-state index is -0.352. The van der Waals surface area contributed by atoms with Crippen molar-refractivity contribution in [2.75, 3.05) is 17.2 Å². The van der Waals surface area contributed by atoms with E-state index in [0.29, 0.717) is 5.82 Å². The van der Waals surface area contributed by atoms with Crippen molar-refractivity contribution >= 4 is 17.5 Å². The molecule has 1 heterocycles. The normalized spacial score (nSPS) is 11.9. The van der Waals surface area contributed by atoms with Crippen molar-refractivity contribution in [3.63, 3.8) is 0 Å². The van der Waals surface area contributed by atoms with Crippen molar-refractivity contribution in [3.05, 3.63) is 42.2 Å². The first-order chi connectivity index (χ1) is 10.2. The van der Waals surface area contributed by atoms with Crippen LogP contribution in [0.1, 0.15) is 31.9 Å². The molecule has 6 nitrogen and oxygen atoms in total. The Morgan fingerprint density at radius 1 is 1.33 bits per heavy atom. The number of rotatable bonds is 6. The highest BCUT2D eigenvalue weighted by Gasteiger charge is 2.07. The fourth-order valence-electron chi connectivity index (χ4n) is 1.92.